The monoisotopic (exact) mass is 345 g/mol. The molecular formula is C23H23NO2. The molecule has 0 aliphatic carbocycles. The van der Waals surface area contributed by atoms with Crippen molar-refractivity contribution in [3.8, 4) is 11.1 Å². The summed E-state index contributed by atoms with van der Waals surface area (Å²) in [6.45, 7) is 3.53. The molecule has 0 spiro atoms. The van der Waals surface area contributed by atoms with Crippen molar-refractivity contribution in [3.63, 3.8) is 0 Å². The van der Waals surface area contributed by atoms with Gasteiger partial charge in [-0.1, -0.05) is 72.3 Å². The van der Waals surface area contributed by atoms with E-state index in [1.165, 1.54) is 0 Å². The van der Waals surface area contributed by atoms with Crippen LogP contribution in [0.3, 0.4) is 0 Å². The highest BCUT2D eigenvalue weighted by molar-refractivity contribution is 5.97. The van der Waals surface area contributed by atoms with E-state index in [2.05, 4.69) is 17.4 Å². The van der Waals surface area contributed by atoms with Gasteiger partial charge in [0.15, 0.2) is 0 Å². The molecule has 3 aromatic rings. The molecule has 1 atom stereocenters. The Morgan fingerprint density at radius 2 is 1.46 bits per heavy atom. The Balaban J connectivity index is 1.68. The predicted octanol–water partition coefficient (Wildman–Crippen LogP) is 4.59. The molecule has 0 saturated carbocycles. The third-order valence-corrected chi connectivity index (χ3v) is 4.41. The molecule has 0 aromatic heterocycles. The number of aliphatic hydroxyl groups is 1. The van der Waals surface area contributed by atoms with Crippen molar-refractivity contribution < 1.29 is 9.90 Å². The maximum absolute atomic E-state index is 12.5. The lowest BCUT2D eigenvalue weighted by molar-refractivity contribution is -0.132. The van der Waals surface area contributed by atoms with Crippen LogP contribution in [-0.4, -0.2) is 16.6 Å². The van der Waals surface area contributed by atoms with Crippen LogP contribution in [0.5, 0.6) is 0 Å². The number of carbonyl (C=O) groups is 1. The Labute approximate surface area is 154 Å². The minimum absolute atomic E-state index is 0.250. The van der Waals surface area contributed by atoms with Gasteiger partial charge in [-0.2, -0.15) is 0 Å². The van der Waals surface area contributed by atoms with Gasteiger partial charge in [-0.15, -0.1) is 0 Å². The Bertz CT molecular complexity index is 866. The van der Waals surface area contributed by atoms with Gasteiger partial charge in [-0.25, -0.2) is 0 Å². The SMILES string of the molecule is Cc1ccc(NC(=O)C(C)(O)Cc2ccc(-c3ccccc3)cc2)cc1. The number of rotatable bonds is 5. The molecule has 3 nitrogen and oxygen atoms in total. The number of benzene rings is 3. The smallest absolute Gasteiger partial charge is 0.256 e. The van der Waals surface area contributed by atoms with Gasteiger partial charge in [-0.3, -0.25) is 4.79 Å². The lowest BCUT2D eigenvalue weighted by Gasteiger charge is -2.22. The van der Waals surface area contributed by atoms with Crippen molar-refractivity contribution in [2.45, 2.75) is 25.9 Å². The van der Waals surface area contributed by atoms with Gasteiger partial charge in [0.05, 0.1) is 0 Å². The van der Waals surface area contributed by atoms with Crippen molar-refractivity contribution >= 4 is 11.6 Å². The number of anilines is 1. The van der Waals surface area contributed by atoms with Gasteiger partial charge in [0.25, 0.3) is 5.91 Å². The van der Waals surface area contributed by atoms with E-state index < -0.39 is 11.5 Å². The number of aryl methyl sites for hydroxylation is 1. The van der Waals surface area contributed by atoms with Gasteiger partial charge < -0.3 is 10.4 Å². The van der Waals surface area contributed by atoms with Gasteiger partial charge in [0.1, 0.15) is 5.60 Å². The van der Waals surface area contributed by atoms with Gasteiger partial charge in [-0.05, 0) is 42.7 Å². The Hall–Kier alpha value is -2.91. The van der Waals surface area contributed by atoms with Crippen LogP contribution < -0.4 is 5.32 Å². The summed E-state index contributed by atoms with van der Waals surface area (Å²) in [5, 5.41) is 13.4. The van der Waals surface area contributed by atoms with Crippen molar-refractivity contribution in [2.75, 3.05) is 5.32 Å². The first-order chi connectivity index (χ1) is 12.4. The minimum atomic E-state index is -1.49. The summed E-state index contributed by atoms with van der Waals surface area (Å²) in [5.74, 6) is -0.409. The zero-order chi connectivity index (χ0) is 18.6. The van der Waals surface area contributed by atoms with E-state index in [-0.39, 0.29) is 6.42 Å². The zero-order valence-electron chi connectivity index (χ0n) is 15.1. The Morgan fingerprint density at radius 3 is 2.08 bits per heavy atom. The van der Waals surface area contributed by atoms with Crippen molar-refractivity contribution in [1.82, 2.24) is 0 Å². The normalized spacial score (nSPS) is 13.0. The summed E-state index contributed by atoms with van der Waals surface area (Å²) >= 11 is 0. The molecule has 2 N–H and O–H groups in total. The topological polar surface area (TPSA) is 49.3 Å². The standard InChI is InChI=1S/C23H23NO2/c1-17-8-14-21(15-9-17)24-22(25)23(2,26)16-18-10-12-20(13-11-18)19-6-4-3-5-7-19/h3-15,26H,16H2,1-2H3,(H,24,25). The number of carbonyl (C=O) groups excluding carboxylic acids is 1. The molecule has 0 bridgehead atoms. The lowest BCUT2D eigenvalue weighted by Crippen LogP contribution is -2.42. The second kappa shape index (κ2) is 7.54. The predicted molar refractivity (Wildman–Crippen MR) is 106 cm³/mol. The quantitative estimate of drug-likeness (QED) is 0.710. The minimum Gasteiger partial charge on any atom is -0.380 e. The molecule has 1 unspecified atom stereocenters. The molecule has 3 rings (SSSR count). The van der Waals surface area contributed by atoms with Crippen LogP contribution in [0.2, 0.25) is 0 Å². The number of amides is 1. The van der Waals surface area contributed by atoms with Crippen molar-refractivity contribution in [2.24, 2.45) is 0 Å². The number of hydrogen-bond acceptors (Lipinski definition) is 2. The van der Waals surface area contributed by atoms with Gasteiger partial charge in [0, 0.05) is 12.1 Å². The number of nitrogens with one attached hydrogen (secondary N) is 1. The first-order valence-corrected chi connectivity index (χ1v) is 8.69. The lowest BCUT2D eigenvalue weighted by atomic mass is 9.94. The molecule has 3 heteroatoms. The fourth-order valence-electron chi connectivity index (χ4n) is 2.83. The fraction of sp³-hybridized carbons (Fsp3) is 0.174. The summed E-state index contributed by atoms with van der Waals surface area (Å²) in [6.07, 6.45) is 0.250. The molecule has 132 valence electrons. The highest BCUT2D eigenvalue weighted by Crippen LogP contribution is 2.22. The average molecular weight is 345 g/mol. The molecule has 0 saturated heterocycles. The second-order valence-corrected chi connectivity index (χ2v) is 6.83. The summed E-state index contributed by atoms with van der Waals surface area (Å²) in [6, 6.07) is 25.5. The highest BCUT2D eigenvalue weighted by atomic mass is 16.3. The van der Waals surface area contributed by atoms with E-state index in [1.54, 1.807) is 6.92 Å². The van der Waals surface area contributed by atoms with Crippen LogP contribution >= 0.6 is 0 Å². The maximum Gasteiger partial charge on any atom is 0.256 e. The molecular weight excluding hydrogens is 322 g/mol. The van der Waals surface area contributed by atoms with Crippen LogP contribution in [0.1, 0.15) is 18.1 Å². The second-order valence-electron chi connectivity index (χ2n) is 6.83. The van der Waals surface area contributed by atoms with Crippen LogP contribution in [0.15, 0.2) is 78.9 Å². The van der Waals surface area contributed by atoms with Crippen LogP contribution in [0.25, 0.3) is 11.1 Å². The maximum atomic E-state index is 12.5. The summed E-state index contributed by atoms with van der Waals surface area (Å²) in [5.41, 5.74) is 3.47. The highest BCUT2D eigenvalue weighted by Gasteiger charge is 2.30. The average Bonchev–Trinajstić information content (AvgIpc) is 2.64. The van der Waals surface area contributed by atoms with E-state index in [0.717, 1.165) is 22.3 Å². The first kappa shape index (κ1) is 17.9. The molecule has 0 heterocycles. The summed E-state index contributed by atoms with van der Waals surface area (Å²) in [7, 11) is 0. The third-order valence-electron chi connectivity index (χ3n) is 4.41. The van der Waals surface area contributed by atoms with Crippen LogP contribution in [0, 0.1) is 6.92 Å². The van der Waals surface area contributed by atoms with E-state index >= 15 is 0 Å². The van der Waals surface area contributed by atoms with E-state index in [9.17, 15) is 9.90 Å². The largest absolute Gasteiger partial charge is 0.380 e. The summed E-state index contributed by atoms with van der Waals surface area (Å²) in [4.78, 5) is 12.5. The molecule has 0 fully saturated rings. The van der Waals surface area contributed by atoms with E-state index in [1.807, 2.05) is 73.7 Å². The fourth-order valence-corrected chi connectivity index (χ4v) is 2.83. The van der Waals surface area contributed by atoms with E-state index in [0.29, 0.717) is 5.69 Å². The zero-order valence-corrected chi connectivity index (χ0v) is 15.1. The molecule has 0 radical (unpaired) electrons. The number of hydrogen-bond donors (Lipinski definition) is 2. The Kier molecular flexibility index (Phi) is 5.19. The molecule has 0 aliphatic heterocycles. The molecule has 3 aromatic carbocycles. The molecule has 1 amide bonds. The van der Waals surface area contributed by atoms with Crippen LogP contribution in [0.4, 0.5) is 5.69 Å². The van der Waals surface area contributed by atoms with Crippen molar-refractivity contribution in [1.29, 1.82) is 0 Å². The van der Waals surface area contributed by atoms with Gasteiger partial charge >= 0.3 is 0 Å². The Morgan fingerprint density at radius 1 is 0.885 bits per heavy atom. The molecule has 0 aliphatic rings. The van der Waals surface area contributed by atoms with Gasteiger partial charge in [0.2, 0.25) is 0 Å². The third kappa shape index (κ3) is 4.38. The van der Waals surface area contributed by atoms with Crippen molar-refractivity contribution in [3.05, 3.63) is 90.0 Å². The van der Waals surface area contributed by atoms with Crippen LogP contribution in [-0.2, 0) is 11.2 Å². The first-order valence-electron chi connectivity index (χ1n) is 8.69. The van der Waals surface area contributed by atoms with E-state index in [4.69, 9.17) is 0 Å². The molecule has 26 heavy (non-hydrogen) atoms. The summed E-state index contributed by atoms with van der Waals surface area (Å²) < 4.78 is 0.